The Balaban J connectivity index is 1.89. The molecule has 1 aromatic rings. The highest BCUT2D eigenvalue weighted by Gasteiger charge is 2.40. The average Bonchev–Trinajstić information content (AvgIpc) is 2.96. The van der Waals surface area contributed by atoms with Crippen molar-refractivity contribution in [3.63, 3.8) is 0 Å². The number of hydrogen-bond donors (Lipinski definition) is 2. The molecule has 0 aromatic heterocycles. The summed E-state index contributed by atoms with van der Waals surface area (Å²) in [6, 6.07) is 6.22. The van der Waals surface area contributed by atoms with Crippen molar-refractivity contribution in [2.45, 2.75) is 39.0 Å². The molecule has 0 saturated carbocycles. The van der Waals surface area contributed by atoms with Gasteiger partial charge in [-0.2, -0.15) is 0 Å². The van der Waals surface area contributed by atoms with Gasteiger partial charge >= 0.3 is 0 Å². The number of aryl methyl sites for hydroxylation is 1. The summed E-state index contributed by atoms with van der Waals surface area (Å²) in [4.78, 5) is 13.0. The van der Waals surface area contributed by atoms with Gasteiger partial charge in [0.1, 0.15) is 0 Å². The number of carbonyl (C=O) groups is 1. The highest BCUT2D eigenvalue weighted by atomic mass is 16.1. The Hall–Kier alpha value is -1.35. The van der Waals surface area contributed by atoms with E-state index in [2.05, 4.69) is 29.7 Å². The third-order valence-corrected chi connectivity index (χ3v) is 4.76. The van der Waals surface area contributed by atoms with Gasteiger partial charge in [-0.1, -0.05) is 13.3 Å². The van der Waals surface area contributed by atoms with Crippen molar-refractivity contribution in [3.8, 4) is 0 Å². The molecule has 0 bridgehead atoms. The Morgan fingerprint density at radius 2 is 2.25 bits per heavy atom. The van der Waals surface area contributed by atoms with E-state index in [1.807, 2.05) is 6.07 Å². The van der Waals surface area contributed by atoms with Gasteiger partial charge in [0.05, 0.1) is 0 Å². The first-order valence-corrected chi connectivity index (χ1v) is 7.87. The van der Waals surface area contributed by atoms with Gasteiger partial charge in [-0.05, 0) is 56.0 Å². The Morgan fingerprint density at radius 3 is 3.00 bits per heavy atom. The fourth-order valence-corrected chi connectivity index (χ4v) is 3.67. The minimum absolute atomic E-state index is 0.162. The second-order valence-corrected chi connectivity index (χ2v) is 6.19. The van der Waals surface area contributed by atoms with Crippen molar-refractivity contribution in [2.75, 3.05) is 25.0 Å². The number of fused-ring (bicyclic) bond motifs is 1. The normalized spacial score (nSPS) is 25.1. The van der Waals surface area contributed by atoms with Gasteiger partial charge in [0.15, 0.2) is 5.78 Å². The van der Waals surface area contributed by atoms with Crippen LogP contribution in [0.1, 0.15) is 48.5 Å². The molecular formula is C17H24N2O. The topological polar surface area (TPSA) is 41.1 Å². The summed E-state index contributed by atoms with van der Waals surface area (Å²) in [5.74, 6) is 0.345. The van der Waals surface area contributed by atoms with Crippen molar-refractivity contribution >= 4 is 11.5 Å². The SMILES string of the molecule is CCCC1(C(=O)c2ccc3c(c2)CCCN3)CCNC1. The van der Waals surface area contributed by atoms with Gasteiger partial charge in [-0.25, -0.2) is 0 Å². The lowest BCUT2D eigenvalue weighted by atomic mass is 9.75. The van der Waals surface area contributed by atoms with E-state index in [9.17, 15) is 4.79 Å². The molecule has 2 aliphatic heterocycles. The highest BCUT2D eigenvalue weighted by Crippen LogP contribution is 2.36. The van der Waals surface area contributed by atoms with Crippen LogP contribution < -0.4 is 10.6 Å². The molecule has 2 aliphatic rings. The lowest BCUT2D eigenvalue weighted by Gasteiger charge is -2.27. The third kappa shape index (κ3) is 2.35. The molecule has 0 radical (unpaired) electrons. The maximum Gasteiger partial charge on any atom is 0.170 e. The number of carbonyl (C=O) groups excluding carboxylic acids is 1. The third-order valence-electron chi connectivity index (χ3n) is 4.76. The molecule has 1 unspecified atom stereocenters. The lowest BCUT2D eigenvalue weighted by molar-refractivity contribution is 0.0801. The van der Waals surface area contributed by atoms with Crippen LogP contribution in [0, 0.1) is 5.41 Å². The van der Waals surface area contributed by atoms with Crippen molar-refractivity contribution < 1.29 is 4.79 Å². The summed E-state index contributed by atoms with van der Waals surface area (Å²) in [6.07, 6.45) is 5.29. The summed E-state index contributed by atoms with van der Waals surface area (Å²) in [6.45, 7) is 5.03. The molecule has 1 aromatic carbocycles. The fraction of sp³-hybridized carbons (Fsp3) is 0.588. The van der Waals surface area contributed by atoms with Gasteiger partial charge in [-0.3, -0.25) is 4.79 Å². The number of ketones is 1. The van der Waals surface area contributed by atoms with Gasteiger partial charge in [-0.15, -0.1) is 0 Å². The summed E-state index contributed by atoms with van der Waals surface area (Å²) >= 11 is 0. The minimum Gasteiger partial charge on any atom is -0.385 e. The Kier molecular flexibility index (Phi) is 3.79. The first-order chi connectivity index (χ1) is 9.75. The Morgan fingerprint density at radius 1 is 1.35 bits per heavy atom. The molecule has 1 fully saturated rings. The van der Waals surface area contributed by atoms with Crippen LogP contribution in [0.3, 0.4) is 0 Å². The second kappa shape index (κ2) is 5.57. The molecule has 1 saturated heterocycles. The number of rotatable bonds is 4. The quantitative estimate of drug-likeness (QED) is 0.828. The molecule has 2 N–H and O–H groups in total. The molecule has 2 heterocycles. The van der Waals surface area contributed by atoms with Gasteiger partial charge in [0.2, 0.25) is 0 Å². The van der Waals surface area contributed by atoms with E-state index in [1.165, 1.54) is 11.3 Å². The van der Waals surface area contributed by atoms with Crippen LogP contribution >= 0.6 is 0 Å². The van der Waals surface area contributed by atoms with Crippen LogP contribution in [-0.4, -0.2) is 25.4 Å². The van der Waals surface area contributed by atoms with Gasteiger partial charge < -0.3 is 10.6 Å². The number of nitrogens with one attached hydrogen (secondary N) is 2. The molecule has 3 rings (SSSR count). The smallest absolute Gasteiger partial charge is 0.170 e. The number of benzene rings is 1. The van der Waals surface area contributed by atoms with Crippen LogP contribution in [-0.2, 0) is 6.42 Å². The van der Waals surface area contributed by atoms with Crippen LogP contribution in [0.2, 0.25) is 0 Å². The molecule has 0 aliphatic carbocycles. The van der Waals surface area contributed by atoms with Gasteiger partial charge in [0.25, 0.3) is 0 Å². The minimum atomic E-state index is -0.162. The van der Waals surface area contributed by atoms with Crippen molar-refractivity contribution in [1.82, 2.24) is 5.32 Å². The molecule has 20 heavy (non-hydrogen) atoms. The number of anilines is 1. The lowest BCUT2D eigenvalue weighted by Crippen LogP contribution is -2.33. The molecule has 3 heteroatoms. The molecule has 0 spiro atoms. The van der Waals surface area contributed by atoms with E-state index >= 15 is 0 Å². The van der Waals surface area contributed by atoms with E-state index in [-0.39, 0.29) is 5.41 Å². The first-order valence-electron chi connectivity index (χ1n) is 7.87. The zero-order chi connectivity index (χ0) is 14.0. The fourth-order valence-electron chi connectivity index (χ4n) is 3.67. The average molecular weight is 272 g/mol. The summed E-state index contributed by atoms with van der Waals surface area (Å²) in [7, 11) is 0. The maximum atomic E-state index is 13.0. The molecule has 3 nitrogen and oxygen atoms in total. The first kappa shape index (κ1) is 13.6. The van der Waals surface area contributed by atoms with Crippen molar-refractivity contribution in [1.29, 1.82) is 0 Å². The van der Waals surface area contributed by atoms with Crippen molar-refractivity contribution in [3.05, 3.63) is 29.3 Å². The largest absolute Gasteiger partial charge is 0.385 e. The molecule has 1 atom stereocenters. The molecule has 0 amide bonds. The zero-order valence-corrected chi connectivity index (χ0v) is 12.3. The monoisotopic (exact) mass is 272 g/mol. The van der Waals surface area contributed by atoms with E-state index in [4.69, 9.17) is 0 Å². The van der Waals surface area contributed by atoms with Crippen LogP contribution in [0.5, 0.6) is 0 Å². The standard InChI is InChI=1S/C17H24N2O/c1-2-7-17(8-10-18-12-17)16(20)14-5-6-15-13(11-14)4-3-9-19-15/h5-6,11,18-19H,2-4,7-10,12H2,1H3. The predicted octanol–water partition coefficient (Wildman–Crippen LogP) is 3.01. The molecular weight excluding hydrogens is 248 g/mol. The van der Waals surface area contributed by atoms with Gasteiger partial charge in [0, 0.05) is 29.8 Å². The van der Waals surface area contributed by atoms with E-state index < -0.39 is 0 Å². The highest BCUT2D eigenvalue weighted by molar-refractivity contribution is 6.01. The second-order valence-electron chi connectivity index (χ2n) is 6.19. The zero-order valence-electron chi connectivity index (χ0n) is 12.3. The van der Waals surface area contributed by atoms with Crippen LogP contribution in [0.4, 0.5) is 5.69 Å². The predicted molar refractivity (Wildman–Crippen MR) is 82.4 cm³/mol. The van der Waals surface area contributed by atoms with Crippen LogP contribution in [0.25, 0.3) is 0 Å². The van der Waals surface area contributed by atoms with E-state index in [1.54, 1.807) is 0 Å². The van der Waals surface area contributed by atoms with E-state index in [0.717, 1.165) is 57.3 Å². The summed E-state index contributed by atoms with van der Waals surface area (Å²) in [5.41, 5.74) is 3.26. The molecule has 108 valence electrons. The summed E-state index contributed by atoms with van der Waals surface area (Å²) in [5, 5.41) is 6.79. The summed E-state index contributed by atoms with van der Waals surface area (Å²) < 4.78 is 0. The van der Waals surface area contributed by atoms with Crippen LogP contribution in [0.15, 0.2) is 18.2 Å². The van der Waals surface area contributed by atoms with Crippen molar-refractivity contribution in [2.24, 2.45) is 5.41 Å². The maximum absolute atomic E-state index is 13.0. The number of Topliss-reactive ketones (excluding diaryl/α,β-unsaturated/α-hetero) is 1. The Labute approximate surface area is 121 Å². The number of hydrogen-bond acceptors (Lipinski definition) is 3. The van der Waals surface area contributed by atoms with E-state index in [0.29, 0.717) is 5.78 Å². The Bertz CT molecular complexity index is 504.